The van der Waals surface area contributed by atoms with E-state index in [1.54, 1.807) is 0 Å². The number of ether oxygens (including phenoxy) is 1. The molecule has 0 saturated carbocycles. The minimum Gasteiger partial charge on any atom is -0.491 e. The maximum Gasteiger partial charge on any atom is 0.315 e. The Hall–Kier alpha value is -2.49. The van der Waals surface area contributed by atoms with Crippen molar-refractivity contribution in [1.29, 1.82) is 0 Å². The van der Waals surface area contributed by atoms with Crippen LogP contribution in [0.1, 0.15) is 35.1 Å². The van der Waals surface area contributed by atoms with Crippen molar-refractivity contribution >= 4 is 6.03 Å². The van der Waals surface area contributed by atoms with E-state index in [0.29, 0.717) is 19.7 Å². The zero-order valence-corrected chi connectivity index (χ0v) is 14.8. The van der Waals surface area contributed by atoms with E-state index >= 15 is 0 Å². The fraction of sp³-hybridized carbons (Fsp3) is 0.381. The van der Waals surface area contributed by atoms with E-state index in [2.05, 4.69) is 28.8 Å². The predicted molar refractivity (Wildman–Crippen MR) is 100.0 cm³/mol. The molecule has 4 nitrogen and oxygen atoms in total. The van der Waals surface area contributed by atoms with Crippen molar-refractivity contribution in [2.75, 3.05) is 13.2 Å². The molecule has 0 aliphatic heterocycles. The molecule has 1 aliphatic carbocycles. The number of hydrogen-bond acceptors (Lipinski definition) is 2. The molecule has 1 aliphatic rings. The molecule has 0 unspecified atom stereocenters. The van der Waals surface area contributed by atoms with E-state index in [1.807, 2.05) is 31.2 Å². The Morgan fingerprint density at radius 3 is 2.80 bits per heavy atom. The summed E-state index contributed by atoms with van der Waals surface area (Å²) < 4.78 is 5.89. The Bertz CT molecular complexity index is 728. The van der Waals surface area contributed by atoms with Gasteiger partial charge in [0, 0.05) is 6.54 Å². The molecule has 2 amide bonds. The van der Waals surface area contributed by atoms with E-state index in [0.717, 1.165) is 24.2 Å². The number of carbonyl (C=O) groups excluding carboxylic acids is 1. The lowest BCUT2D eigenvalue weighted by Gasteiger charge is -2.19. The standard InChI is InChI=1S/C21H26N2O2/c1-16-6-4-7-17(14-16)15-23-21(24)22-12-13-25-20-11-5-9-18-8-2-3-10-19(18)20/h4-7,9,11,14H,2-3,8,10,12-13,15H2,1H3,(H2,22,23,24). The smallest absolute Gasteiger partial charge is 0.315 e. The summed E-state index contributed by atoms with van der Waals surface area (Å²) in [6.07, 6.45) is 4.73. The summed E-state index contributed by atoms with van der Waals surface area (Å²) in [5, 5.41) is 5.71. The molecule has 3 rings (SSSR count). The van der Waals surface area contributed by atoms with Crippen LogP contribution in [0.4, 0.5) is 4.79 Å². The highest BCUT2D eigenvalue weighted by molar-refractivity contribution is 5.73. The van der Waals surface area contributed by atoms with Crippen molar-refractivity contribution in [3.05, 3.63) is 64.7 Å². The number of aryl methyl sites for hydroxylation is 2. The highest BCUT2D eigenvalue weighted by atomic mass is 16.5. The Morgan fingerprint density at radius 2 is 1.92 bits per heavy atom. The van der Waals surface area contributed by atoms with E-state index in [9.17, 15) is 4.79 Å². The van der Waals surface area contributed by atoms with Gasteiger partial charge in [0.1, 0.15) is 12.4 Å². The second-order valence-corrected chi connectivity index (χ2v) is 6.55. The van der Waals surface area contributed by atoms with Gasteiger partial charge in [0.25, 0.3) is 0 Å². The Kier molecular flexibility index (Phi) is 5.94. The van der Waals surface area contributed by atoms with Gasteiger partial charge in [-0.25, -0.2) is 4.79 Å². The molecular formula is C21H26N2O2. The lowest BCUT2D eigenvalue weighted by molar-refractivity contribution is 0.236. The number of fused-ring (bicyclic) bond motifs is 1. The molecule has 132 valence electrons. The van der Waals surface area contributed by atoms with Gasteiger partial charge >= 0.3 is 6.03 Å². The number of nitrogens with one attached hydrogen (secondary N) is 2. The minimum atomic E-state index is -0.166. The Balaban J connectivity index is 1.39. The predicted octanol–water partition coefficient (Wildman–Crippen LogP) is 3.75. The first-order valence-corrected chi connectivity index (χ1v) is 9.03. The highest BCUT2D eigenvalue weighted by Gasteiger charge is 2.13. The van der Waals surface area contributed by atoms with E-state index < -0.39 is 0 Å². The van der Waals surface area contributed by atoms with Gasteiger partial charge < -0.3 is 15.4 Å². The molecule has 2 aromatic carbocycles. The number of carbonyl (C=O) groups is 1. The molecule has 25 heavy (non-hydrogen) atoms. The van der Waals surface area contributed by atoms with Crippen molar-refractivity contribution in [3.63, 3.8) is 0 Å². The first kappa shape index (κ1) is 17.3. The Labute approximate surface area is 149 Å². The topological polar surface area (TPSA) is 50.4 Å². The van der Waals surface area contributed by atoms with Crippen molar-refractivity contribution in [1.82, 2.24) is 10.6 Å². The molecule has 0 fully saturated rings. The SMILES string of the molecule is Cc1cccc(CNC(=O)NCCOc2cccc3c2CCCC3)c1. The number of hydrogen-bond donors (Lipinski definition) is 2. The van der Waals surface area contributed by atoms with Crippen LogP contribution < -0.4 is 15.4 Å². The zero-order valence-electron chi connectivity index (χ0n) is 14.8. The number of benzene rings is 2. The van der Waals surface area contributed by atoms with Gasteiger partial charge in [-0.15, -0.1) is 0 Å². The fourth-order valence-corrected chi connectivity index (χ4v) is 3.27. The van der Waals surface area contributed by atoms with Gasteiger partial charge in [-0.3, -0.25) is 0 Å². The molecule has 2 N–H and O–H groups in total. The third-order valence-corrected chi connectivity index (χ3v) is 4.53. The van der Waals surface area contributed by atoms with Crippen LogP contribution in [-0.4, -0.2) is 19.2 Å². The molecule has 0 spiro atoms. The summed E-state index contributed by atoms with van der Waals surface area (Å²) in [6, 6.07) is 14.2. The summed E-state index contributed by atoms with van der Waals surface area (Å²) in [4.78, 5) is 11.9. The van der Waals surface area contributed by atoms with E-state index in [1.165, 1.54) is 29.5 Å². The highest BCUT2D eigenvalue weighted by Crippen LogP contribution is 2.29. The van der Waals surface area contributed by atoms with Crippen molar-refractivity contribution in [2.24, 2.45) is 0 Å². The first-order valence-electron chi connectivity index (χ1n) is 9.03. The second kappa shape index (κ2) is 8.56. The molecule has 0 radical (unpaired) electrons. The van der Waals surface area contributed by atoms with Crippen LogP contribution in [0.15, 0.2) is 42.5 Å². The second-order valence-electron chi connectivity index (χ2n) is 6.55. The van der Waals surface area contributed by atoms with Gasteiger partial charge in [-0.05, 0) is 55.4 Å². The van der Waals surface area contributed by atoms with Crippen LogP contribution in [0.3, 0.4) is 0 Å². The molecule has 4 heteroatoms. The third-order valence-electron chi connectivity index (χ3n) is 4.53. The van der Waals surface area contributed by atoms with E-state index in [-0.39, 0.29) is 6.03 Å². The molecule has 0 saturated heterocycles. The third kappa shape index (κ3) is 4.99. The molecule has 0 aromatic heterocycles. The van der Waals surface area contributed by atoms with Crippen molar-refractivity contribution in [2.45, 2.75) is 39.2 Å². The summed E-state index contributed by atoms with van der Waals surface area (Å²) in [5.41, 5.74) is 5.05. The first-order chi connectivity index (χ1) is 12.2. The lowest BCUT2D eigenvalue weighted by Crippen LogP contribution is -2.37. The van der Waals surface area contributed by atoms with Crippen molar-refractivity contribution in [3.8, 4) is 5.75 Å². The van der Waals surface area contributed by atoms with Crippen LogP contribution >= 0.6 is 0 Å². The van der Waals surface area contributed by atoms with Gasteiger partial charge in [0.05, 0.1) is 6.54 Å². The molecule has 2 aromatic rings. The molecule has 0 heterocycles. The summed E-state index contributed by atoms with van der Waals surface area (Å²) in [5.74, 6) is 0.971. The van der Waals surface area contributed by atoms with Crippen LogP contribution in [0.2, 0.25) is 0 Å². The maximum absolute atomic E-state index is 11.9. The quantitative estimate of drug-likeness (QED) is 0.788. The minimum absolute atomic E-state index is 0.166. The van der Waals surface area contributed by atoms with Gasteiger partial charge in [-0.2, -0.15) is 0 Å². The van der Waals surface area contributed by atoms with Crippen LogP contribution in [0, 0.1) is 6.92 Å². The number of amides is 2. The molecular weight excluding hydrogens is 312 g/mol. The maximum atomic E-state index is 11.9. The zero-order chi connectivity index (χ0) is 17.5. The summed E-state index contributed by atoms with van der Waals surface area (Å²) in [6.45, 7) is 3.54. The van der Waals surface area contributed by atoms with Crippen LogP contribution in [0.5, 0.6) is 5.75 Å². The van der Waals surface area contributed by atoms with E-state index in [4.69, 9.17) is 4.74 Å². The van der Waals surface area contributed by atoms with Gasteiger partial charge in [0.15, 0.2) is 0 Å². The van der Waals surface area contributed by atoms with Crippen molar-refractivity contribution < 1.29 is 9.53 Å². The number of rotatable bonds is 6. The van der Waals surface area contributed by atoms with Crippen LogP contribution in [-0.2, 0) is 19.4 Å². The number of urea groups is 1. The fourth-order valence-electron chi connectivity index (χ4n) is 3.27. The largest absolute Gasteiger partial charge is 0.491 e. The normalized spacial score (nSPS) is 13.0. The Morgan fingerprint density at radius 1 is 1.08 bits per heavy atom. The molecule has 0 atom stereocenters. The van der Waals surface area contributed by atoms with Crippen LogP contribution in [0.25, 0.3) is 0 Å². The van der Waals surface area contributed by atoms with Gasteiger partial charge in [-0.1, -0.05) is 42.0 Å². The average Bonchev–Trinajstić information content (AvgIpc) is 2.64. The summed E-state index contributed by atoms with van der Waals surface area (Å²) in [7, 11) is 0. The summed E-state index contributed by atoms with van der Waals surface area (Å²) >= 11 is 0. The average molecular weight is 338 g/mol. The lowest BCUT2D eigenvalue weighted by atomic mass is 9.91. The monoisotopic (exact) mass is 338 g/mol. The van der Waals surface area contributed by atoms with Gasteiger partial charge in [0.2, 0.25) is 0 Å². The molecule has 0 bridgehead atoms.